The molecule has 0 aliphatic carbocycles. The molecule has 2 aliphatic heterocycles. The molecule has 0 spiro atoms. The number of nitrogens with one attached hydrogen (secondary N) is 1. The summed E-state index contributed by atoms with van der Waals surface area (Å²) in [5.74, 6) is 0.636. The van der Waals surface area contributed by atoms with E-state index in [1.807, 2.05) is 60.7 Å². The summed E-state index contributed by atoms with van der Waals surface area (Å²) in [5, 5.41) is 4.07. The van der Waals surface area contributed by atoms with Crippen LogP contribution in [0.25, 0.3) is 21.8 Å². The van der Waals surface area contributed by atoms with Crippen LogP contribution >= 0.6 is 0 Å². The second-order valence-electron chi connectivity index (χ2n) is 18.7. The molecule has 10 rings (SSSR count). The van der Waals surface area contributed by atoms with Gasteiger partial charge >= 0.3 is 0 Å². The number of rotatable bonds is 14. The third kappa shape index (κ3) is 10.6. The van der Waals surface area contributed by atoms with E-state index in [2.05, 4.69) is 10.3 Å². The standard InChI is InChI=1S/C30H28FN3O4.C29H26FN3O4/c1-33(2)29(35)25-23-14-20(13-18-5-9-21(31)10-6-18)15-32-27(23)28(26-24(25)16-34(3)30(26)36)38-17-19-7-11-22(37-4)12-8-19;1-33(2)29(35)24-22-13-19(12-17-4-8-20(30)9-5-17)14-31-26(22)27(25-23(24)15-32-28(25)34)37-16-18-6-10-21(36-3)11-7-18/h5-12,14-15H,13,16-17H2,1-4H3;4-11,13-14H,12,15-16H2,1-3H3,(H,32,34). The highest BCUT2D eigenvalue weighted by atomic mass is 19.1. The van der Waals surface area contributed by atoms with Crippen molar-refractivity contribution in [2.45, 2.75) is 39.1 Å². The van der Waals surface area contributed by atoms with E-state index in [-0.39, 0.29) is 55.0 Å². The molecular weight excluding hydrogens is 959 g/mol. The number of hydrogen-bond donors (Lipinski definition) is 1. The van der Waals surface area contributed by atoms with Crippen molar-refractivity contribution in [3.63, 3.8) is 0 Å². The Bertz CT molecular complexity index is 3500. The fourth-order valence-electron chi connectivity index (χ4n) is 9.24. The first-order chi connectivity index (χ1) is 36.1. The molecule has 16 heteroatoms. The molecule has 0 saturated carbocycles. The van der Waals surface area contributed by atoms with Crippen molar-refractivity contribution in [3.05, 3.63) is 200 Å². The maximum absolute atomic E-state index is 13.5. The van der Waals surface area contributed by atoms with Crippen LogP contribution in [0.1, 0.15) is 85.9 Å². The molecule has 8 aromatic rings. The Balaban J connectivity index is 0.000000184. The molecule has 1 N–H and O–H groups in total. The molecule has 0 radical (unpaired) electrons. The summed E-state index contributed by atoms with van der Waals surface area (Å²) in [6, 6.07) is 31.3. The molecule has 0 atom stereocenters. The summed E-state index contributed by atoms with van der Waals surface area (Å²) in [6.07, 6.45) is 4.44. The summed E-state index contributed by atoms with van der Waals surface area (Å²) in [7, 11) is 11.6. The summed E-state index contributed by atoms with van der Waals surface area (Å²) >= 11 is 0. The van der Waals surface area contributed by atoms with Gasteiger partial charge in [-0.15, -0.1) is 0 Å². The Morgan fingerprint density at radius 2 is 1.00 bits per heavy atom. The lowest BCUT2D eigenvalue weighted by atomic mass is 9.94. The first-order valence-electron chi connectivity index (χ1n) is 24.0. The quantitative estimate of drug-likeness (QED) is 0.112. The van der Waals surface area contributed by atoms with Crippen LogP contribution in [-0.2, 0) is 39.1 Å². The van der Waals surface area contributed by atoms with Crippen LogP contribution in [0.4, 0.5) is 8.78 Å². The number of benzene rings is 6. The van der Waals surface area contributed by atoms with Crippen molar-refractivity contribution in [1.29, 1.82) is 0 Å². The van der Waals surface area contributed by atoms with Crippen molar-refractivity contribution < 1.29 is 46.9 Å². The van der Waals surface area contributed by atoms with Gasteiger partial charge in [0.25, 0.3) is 23.6 Å². The van der Waals surface area contributed by atoms with Crippen molar-refractivity contribution in [2.75, 3.05) is 49.5 Å². The third-order valence-electron chi connectivity index (χ3n) is 13.1. The molecule has 0 saturated heterocycles. The Kier molecular flexibility index (Phi) is 14.7. The number of halogens is 2. The van der Waals surface area contributed by atoms with Gasteiger partial charge in [0.05, 0.1) is 36.5 Å². The van der Waals surface area contributed by atoms with E-state index >= 15 is 0 Å². The van der Waals surface area contributed by atoms with Gasteiger partial charge < -0.3 is 39.0 Å². The van der Waals surface area contributed by atoms with E-state index in [1.54, 1.807) is 91.0 Å². The minimum atomic E-state index is -0.300. The number of carbonyl (C=O) groups excluding carboxylic acids is 4. The SMILES string of the molecule is COc1ccc(COc2c3c(c(C(=O)N(C)C)c4cc(Cc5ccc(F)cc5)cnc24)CN(C)C3=O)cc1.COc1ccc(COc2c3c(c(C(=O)N(C)C)c4cc(Cc5ccc(F)cc5)cnc24)CNC3=O)cc1. The van der Waals surface area contributed by atoms with Crippen LogP contribution in [0.15, 0.2) is 122 Å². The molecule has 14 nitrogen and oxygen atoms in total. The first kappa shape index (κ1) is 51.0. The third-order valence-corrected chi connectivity index (χ3v) is 13.1. The second-order valence-corrected chi connectivity index (χ2v) is 18.7. The molecule has 0 bridgehead atoms. The van der Waals surface area contributed by atoms with Crippen LogP contribution in [-0.4, -0.2) is 97.8 Å². The molecule has 4 heterocycles. The lowest BCUT2D eigenvalue weighted by Gasteiger charge is -2.19. The Hall–Kier alpha value is -8.92. The average Bonchev–Trinajstić information content (AvgIpc) is 3.94. The highest BCUT2D eigenvalue weighted by molar-refractivity contribution is 6.17. The van der Waals surface area contributed by atoms with Gasteiger partial charge in [-0.3, -0.25) is 29.1 Å². The number of pyridine rings is 2. The first-order valence-corrected chi connectivity index (χ1v) is 24.0. The van der Waals surface area contributed by atoms with Crippen LogP contribution in [0.2, 0.25) is 0 Å². The van der Waals surface area contributed by atoms with E-state index in [9.17, 15) is 28.0 Å². The van der Waals surface area contributed by atoms with Gasteiger partial charge in [-0.25, -0.2) is 8.78 Å². The van der Waals surface area contributed by atoms with Gasteiger partial charge in [0.15, 0.2) is 11.5 Å². The number of carbonyl (C=O) groups is 4. The van der Waals surface area contributed by atoms with Gasteiger partial charge in [0.1, 0.15) is 47.4 Å². The fourth-order valence-corrected chi connectivity index (χ4v) is 9.24. The zero-order valence-electron chi connectivity index (χ0n) is 42.5. The zero-order chi connectivity index (χ0) is 53.1. The highest BCUT2D eigenvalue weighted by Gasteiger charge is 2.37. The van der Waals surface area contributed by atoms with Crippen LogP contribution < -0.4 is 24.3 Å². The highest BCUT2D eigenvalue weighted by Crippen LogP contribution is 2.42. The smallest absolute Gasteiger partial charge is 0.258 e. The van der Waals surface area contributed by atoms with E-state index in [1.165, 1.54) is 34.1 Å². The number of aromatic nitrogens is 2. The van der Waals surface area contributed by atoms with Crippen molar-refractivity contribution in [1.82, 2.24) is 30.0 Å². The lowest BCUT2D eigenvalue weighted by molar-refractivity contribution is 0.0805. The number of nitrogens with zero attached hydrogens (tertiary/aromatic N) is 5. The van der Waals surface area contributed by atoms with Gasteiger partial charge in [-0.1, -0.05) is 48.5 Å². The molecule has 4 amide bonds. The molecule has 0 fully saturated rings. The Morgan fingerprint density at radius 1 is 0.587 bits per heavy atom. The minimum absolute atomic E-state index is 0.207. The zero-order valence-corrected chi connectivity index (χ0v) is 42.5. The van der Waals surface area contributed by atoms with E-state index in [0.29, 0.717) is 86.1 Å². The summed E-state index contributed by atoms with van der Waals surface area (Å²) in [4.78, 5) is 67.0. The summed E-state index contributed by atoms with van der Waals surface area (Å²) in [6.45, 7) is 0.932. The fraction of sp³-hybridized carbons (Fsp3) is 0.220. The van der Waals surface area contributed by atoms with E-state index < -0.39 is 0 Å². The van der Waals surface area contributed by atoms with Crippen molar-refractivity contribution in [2.24, 2.45) is 0 Å². The van der Waals surface area contributed by atoms with E-state index in [4.69, 9.17) is 23.9 Å². The maximum atomic E-state index is 13.5. The van der Waals surface area contributed by atoms with Gasteiger partial charge in [-0.2, -0.15) is 0 Å². The van der Waals surface area contributed by atoms with Crippen molar-refractivity contribution >= 4 is 45.4 Å². The Labute approximate surface area is 432 Å². The summed E-state index contributed by atoms with van der Waals surface area (Å²) in [5.41, 5.74) is 9.04. The second kappa shape index (κ2) is 21.7. The normalized spacial score (nSPS) is 12.4. The molecule has 2 aromatic heterocycles. The number of methoxy groups -OCH3 is 2. The predicted octanol–water partition coefficient (Wildman–Crippen LogP) is 9.34. The largest absolute Gasteiger partial charge is 0.497 e. The maximum Gasteiger partial charge on any atom is 0.258 e. The van der Waals surface area contributed by atoms with Crippen molar-refractivity contribution in [3.8, 4) is 23.0 Å². The van der Waals surface area contributed by atoms with Crippen LogP contribution in [0.3, 0.4) is 0 Å². The van der Waals surface area contributed by atoms with Gasteiger partial charge in [-0.05, 0) is 107 Å². The number of amides is 4. The molecule has 0 unspecified atom stereocenters. The topological polar surface area (TPSA) is 153 Å². The minimum Gasteiger partial charge on any atom is -0.497 e. The molecule has 2 aliphatic rings. The number of fused-ring (bicyclic) bond motifs is 4. The van der Waals surface area contributed by atoms with Gasteiger partial charge in [0.2, 0.25) is 0 Å². The Morgan fingerprint density at radius 3 is 1.43 bits per heavy atom. The number of hydrogen-bond acceptors (Lipinski definition) is 10. The van der Waals surface area contributed by atoms with Crippen LogP contribution in [0, 0.1) is 11.6 Å². The van der Waals surface area contributed by atoms with E-state index in [0.717, 1.165) is 44.9 Å². The lowest BCUT2D eigenvalue weighted by Crippen LogP contribution is -2.24. The molecular formula is C59H54F2N6O8. The predicted molar refractivity (Wildman–Crippen MR) is 280 cm³/mol. The molecule has 6 aromatic carbocycles. The van der Waals surface area contributed by atoms with Crippen LogP contribution in [0.5, 0.6) is 23.0 Å². The van der Waals surface area contributed by atoms with Gasteiger partial charge in [0, 0.05) is 82.6 Å². The average molecular weight is 1010 g/mol. The molecule has 75 heavy (non-hydrogen) atoms. The monoisotopic (exact) mass is 1010 g/mol. The summed E-state index contributed by atoms with van der Waals surface area (Å²) < 4.78 is 49.8. The molecule has 382 valence electrons. The number of ether oxygens (including phenoxy) is 4.